The van der Waals surface area contributed by atoms with Gasteiger partial charge in [-0.3, -0.25) is 4.68 Å². The number of hydrogen-bond acceptors (Lipinski definition) is 2. The van der Waals surface area contributed by atoms with E-state index in [-0.39, 0.29) is 0 Å². The van der Waals surface area contributed by atoms with Crippen LogP contribution in [0.15, 0.2) is 36.5 Å². The molecule has 0 atom stereocenters. The maximum absolute atomic E-state index is 4.40. The first-order chi connectivity index (χ1) is 8.31. The van der Waals surface area contributed by atoms with Gasteiger partial charge in [0.2, 0.25) is 0 Å². The van der Waals surface area contributed by atoms with Crippen molar-refractivity contribution in [1.29, 1.82) is 0 Å². The lowest BCUT2D eigenvalue weighted by Gasteiger charge is -2.03. The summed E-state index contributed by atoms with van der Waals surface area (Å²) in [6.45, 7) is 0.979. The Hall–Kier alpha value is -1.61. The van der Waals surface area contributed by atoms with Crippen LogP contribution in [0.25, 0.3) is 11.3 Å². The van der Waals surface area contributed by atoms with Gasteiger partial charge in [0.1, 0.15) is 0 Å². The second kappa shape index (κ2) is 4.34. The summed E-state index contributed by atoms with van der Waals surface area (Å²) in [6, 6.07) is 11.5. The molecule has 1 aromatic heterocycles. The SMILES string of the molecule is Cn1ccc(-c2ccc(CNC3CC3)cc2)n1. The van der Waals surface area contributed by atoms with Crippen molar-refractivity contribution in [2.24, 2.45) is 7.05 Å². The van der Waals surface area contributed by atoms with E-state index in [2.05, 4.69) is 34.7 Å². The molecule has 0 bridgehead atoms. The van der Waals surface area contributed by atoms with Crippen LogP contribution in [-0.2, 0) is 13.6 Å². The van der Waals surface area contributed by atoms with Crippen LogP contribution in [0.4, 0.5) is 0 Å². The van der Waals surface area contributed by atoms with E-state index >= 15 is 0 Å². The van der Waals surface area contributed by atoms with E-state index in [9.17, 15) is 0 Å². The van der Waals surface area contributed by atoms with E-state index in [0.29, 0.717) is 0 Å². The van der Waals surface area contributed by atoms with Crippen molar-refractivity contribution in [3.63, 3.8) is 0 Å². The Balaban J connectivity index is 1.70. The molecule has 0 unspecified atom stereocenters. The third-order valence-corrected chi connectivity index (χ3v) is 3.14. The fraction of sp³-hybridized carbons (Fsp3) is 0.357. The number of nitrogens with zero attached hydrogens (tertiary/aromatic N) is 2. The van der Waals surface area contributed by atoms with Crippen molar-refractivity contribution in [1.82, 2.24) is 15.1 Å². The Morgan fingerprint density at radius 3 is 2.59 bits per heavy atom. The van der Waals surface area contributed by atoms with Gasteiger partial charge in [0.25, 0.3) is 0 Å². The van der Waals surface area contributed by atoms with Crippen LogP contribution in [0.2, 0.25) is 0 Å². The molecule has 17 heavy (non-hydrogen) atoms. The van der Waals surface area contributed by atoms with E-state index in [1.165, 1.54) is 24.0 Å². The molecule has 1 aliphatic carbocycles. The molecular formula is C14H17N3. The zero-order chi connectivity index (χ0) is 11.7. The summed E-state index contributed by atoms with van der Waals surface area (Å²) in [6.07, 6.45) is 4.65. The summed E-state index contributed by atoms with van der Waals surface area (Å²) in [5, 5.41) is 7.91. The molecule has 3 heteroatoms. The van der Waals surface area contributed by atoms with Gasteiger partial charge in [0, 0.05) is 31.4 Å². The second-order valence-corrected chi connectivity index (χ2v) is 4.73. The average molecular weight is 227 g/mol. The van der Waals surface area contributed by atoms with Crippen molar-refractivity contribution in [3.05, 3.63) is 42.1 Å². The standard InChI is InChI=1S/C14H17N3/c1-17-9-8-14(16-17)12-4-2-11(3-5-12)10-15-13-6-7-13/h2-5,8-9,13,15H,6-7,10H2,1H3. The molecule has 2 aromatic rings. The number of aryl methyl sites for hydroxylation is 1. The molecule has 0 spiro atoms. The fourth-order valence-corrected chi connectivity index (χ4v) is 1.91. The minimum absolute atomic E-state index is 0.769. The predicted octanol–water partition coefficient (Wildman–Crippen LogP) is 2.34. The summed E-state index contributed by atoms with van der Waals surface area (Å²) in [4.78, 5) is 0. The van der Waals surface area contributed by atoms with Crippen LogP contribution in [-0.4, -0.2) is 15.8 Å². The van der Waals surface area contributed by atoms with Gasteiger partial charge in [0.15, 0.2) is 0 Å². The van der Waals surface area contributed by atoms with Gasteiger partial charge in [-0.1, -0.05) is 24.3 Å². The van der Waals surface area contributed by atoms with E-state index in [0.717, 1.165) is 18.3 Å². The van der Waals surface area contributed by atoms with Gasteiger partial charge in [-0.05, 0) is 24.5 Å². The lowest BCUT2D eigenvalue weighted by atomic mass is 10.1. The summed E-state index contributed by atoms with van der Waals surface area (Å²) in [7, 11) is 1.94. The third kappa shape index (κ3) is 2.56. The van der Waals surface area contributed by atoms with Crippen LogP contribution in [0, 0.1) is 0 Å². The Morgan fingerprint density at radius 2 is 2.00 bits per heavy atom. The fourth-order valence-electron chi connectivity index (χ4n) is 1.91. The number of aromatic nitrogens is 2. The van der Waals surface area contributed by atoms with Crippen molar-refractivity contribution >= 4 is 0 Å². The average Bonchev–Trinajstić information content (AvgIpc) is 3.09. The van der Waals surface area contributed by atoms with Gasteiger partial charge in [0.05, 0.1) is 5.69 Å². The first-order valence-electron chi connectivity index (χ1n) is 6.13. The third-order valence-electron chi connectivity index (χ3n) is 3.14. The van der Waals surface area contributed by atoms with Crippen LogP contribution in [0.1, 0.15) is 18.4 Å². The first-order valence-corrected chi connectivity index (χ1v) is 6.13. The summed E-state index contributed by atoms with van der Waals surface area (Å²) < 4.78 is 1.83. The van der Waals surface area contributed by atoms with E-state index < -0.39 is 0 Å². The number of nitrogens with one attached hydrogen (secondary N) is 1. The minimum Gasteiger partial charge on any atom is -0.310 e. The monoisotopic (exact) mass is 227 g/mol. The maximum Gasteiger partial charge on any atom is 0.0923 e. The van der Waals surface area contributed by atoms with Crippen molar-refractivity contribution in [3.8, 4) is 11.3 Å². The molecule has 0 radical (unpaired) electrons. The Bertz CT molecular complexity index is 494. The molecule has 1 fully saturated rings. The molecule has 88 valence electrons. The molecule has 0 aliphatic heterocycles. The molecule has 1 N–H and O–H groups in total. The molecule has 3 rings (SSSR count). The van der Waals surface area contributed by atoms with Gasteiger partial charge in [-0.25, -0.2) is 0 Å². The Labute approximate surface area is 101 Å². The number of benzene rings is 1. The minimum atomic E-state index is 0.769. The Kier molecular flexibility index (Phi) is 2.69. The van der Waals surface area contributed by atoms with Gasteiger partial charge >= 0.3 is 0 Å². The largest absolute Gasteiger partial charge is 0.310 e. The summed E-state index contributed by atoms with van der Waals surface area (Å²) in [5.74, 6) is 0. The highest BCUT2D eigenvalue weighted by atomic mass is 15.2. The van der Waals surface area contributed by atoms with Gasteiger partial charge < -0.3 is 5.32 Å². The molecule has 0 amide bonds. The van der Waals surface area contributed by atoms with Crippen LogP contribution >= 0.6 is 0 Å². The van der Waals surface area contributed by atoms with E-state index in [4.69, 9.17) is 0 Å². The van der Waals surface area contributed by atoms with E-state index in [1.54, 1.807) is 0 Å². The highest BCUT2D eigenvalue weighted by Gasteiger charge is 2.19. The number of hydrogen-bond donors (Lipinski definition) is 1. The topological polar surface area (TPSA) is 29.9 Å². The molecule has 3 nitrogen and oxygen atoms in total. The van der Waals surface area contributed by atoms with Crippen molar-refractivity contribution in [2.45, 2.75) is 25.4 Å². The lowest BCUT2D eigenvalue weighted by Crippen LogP contribution is -2.14. The van der Waals surface area contributed by atoms with Crippen LogP contribution in [0.5, 0.6) is 0 Å². The summed E-state index contributed by atoms with van der Waals surface area (Å²) in [5.41, 5.74) is 3.56. The van der Waals surface area contributed by atoms with Crippen molar-refractivity contribution in [2.75, 3.05) is 0 Å². The first kappa shape index (κ1) is 10.5. The molecule has 1 aromatic carbocycles. The van der Waals surface area contributed by atoms with Crippen molar-refractivity contribution < 1.29 is 0 Å². The highest BCUT2D eigenvalue weighted by Crippen LogP contribution is 2.20. The highest BCUT2D eigenvalue weighted by molar-refractivity contribution is 5.58. The van der Waals surface area contributed by atoms with Crippen LogP contribution in [0.3, 0.4) is 0 Å². The smallest absolute Gasteiger partial charge is 0.0923 e. The van der Waals surface area contributed by atoms with Gasteiger partial charge in [-0.2, -0.15) is 5.10 Å². The lowest BCUT2D eigenvalue weighted by molar-refractivity contribution is 0.688. The zero-order valence-corrected chi connectivity index (χ0v) is 10.1. The van der Waals surface area contributed by atoms with E-state index in [1.807, 2.05) is 24.0 Å². The maximum atomic E-state index is 4.40. The molecule has 1 aliphatic rings. The van der Waals surface area contributed by atoms with Crippen LogP contribution < -0.4 is 5.32 Å². The zero-order valence-electron chi connectivity index (χ0n) is 10.1. The molecule has 1 saturated carbocycles. The quantitative estimate of drug-likeness (QED) is 0.869. The van der Waals surface area contributed by atoms with Gasteiger partial charge in [-0.15, -0.1) is 0 Å². The molecule has 1 heterocycles. The second-order valence-electron chi connectivity index (χ2n) is 4.73. The summed E-state index contributed by atoms with van der Waals surface area (Å²) >= 11 is 0. The Morgan fingerprint density at radius 1 is 1.24 bits per heavy atom. The molecule has 0 saturated heterocycles. The number of rotatable bonds is 4. The molecular weight excluding hydrogens is 210 g/mol. The normalized spacial score (nSPS) is 15.1. The predicted molar refractivity (Wildman–Crippen MR) is 68.5 cm³/mol.